The lowest BCUT2D eigenvalue weighted by Gasteiger charge is -2.26. The molecule has 0 aromatic heterocycles. The van der Waals surface area contributed by atoms with Crippen molar-refractivity contribution in [1.29, 1.82) is 0 Å². The Hall–Kier alpha value is -0.530. The van der Waals surface area contributed by atoms with Gasteiger partial charge in [0.2, 0.25) is 0 Å². The molecule has 0 heterocycles. The zero-order valence-electron chi connectivity index (χ0n) is 10.3. The van der Waals surface area contributed by atoms with Crippen LogP contribution in [-0.2, 0) is 0 Å². The first-order valence-electron chi connectivity index (χ1n) is 6.58. The smallest absolute Gasteiger partial charge is 0.0940 e. The zero-order valence-corrected chi connectivity index (χ0v) is 10.3. The summed E-state index contributed by atoms with van der Waals surface area (Å²) in [5, 5.41) is 0. The van der Waals surface area contributed by atoms with Crippen LogP contribution in [0.25, 0.3) is 0 Å². The molecule has 0 amide bonds. The van der Waals surface area contributed by atoms with Crippen LogP contribution in [0.5, 0.6) is 0 Å². The molecule has 1 aliphatic carbocycles. The van der Waals surface area contributed by atoms with Gasteiger partial charge in [0.15, 0.2) is 0 Å². The Morgan fingerprint density at radius 3 is 2.33 bits per heavy atom. The lowest BCUT2D eigenvalue weighted by Crippen LogP contribution is -2.21. The summed E-state index contributed by atoms with van der Waals surface area (Å²) >= 11 is 0. The summed E-state index contributed by atoms with van der Waals surface area (Å²) in [7, 11) is 0. The highest BCUT2D eigenvalue weighted by Gasteiger charge is 2.19. The van der Waals surface area contributed by atoms with Crippen molar-refractivity contribution in [2.75, 3.05) is 0 Å². The van der Waals surface area contributed by atoms with Gasteiger partial charge in [-0.05, 0) is 38.0 Å². The van der Waals surface area contributed by atoms with Crippen LogP contribution in [0.3, 0.4) is 0 Å². The second-order valence-corrected chi connectivity index (χ2v) is 4.83. The Balaban J connectivity index is 2.27. The summed E-state index contributed by atoms with van der Waals surface area (Å²) in [5.74, 6) is 1.84. The monoisotopic (exact) mass is 210 g/mol. The van der Waals surface area contributed by atoms with Crippen molar-refractivity contribution in [2.24, 2.45) is 16.6 Å². The highest BCUT2D eigenvalue weighted by molar-refractivity contribution is 5.80. The predicted octanol–water partition coefficient (Wildman–Crippen LogP) is 3.50. The molecule has 2 N–H and O–H groups in total. The topological polar surface area (TPSA) is 38.4 Å². The third-order valence-electron chi connectivity index (χ3n) is 3.37. The molecule has 0 bridgehead atoms. The summed E-state index contributed by atoms with van der Waals surface area (Å²) in [6.07, 6.45) is 10.1. The van der Waals surface area contributed by atoms with Crippen molar-refractivity contribution in [1.82, 2.24) is 0 Å². The molecule has 0 spiro atoms. The average Bonchev–Trinajstić information content (AvgIpc) is 2.22. The van der Waals surface area contributed by atoms with E-state index < -0.39 is 0 Å². The molecule has 0 aliphatic heterocycles. The molecule has 0 radical (unpaired) electrons. The van der Waals surface area contributed by atoms with Crippen molar-refractivity contribution in [3.8, 4) is 0 Å². The number of hydrogen-bond donors (Lipinski definition) is 1. The largest absolute Gasteiger partial charge is 0.387 e. The van der Waals surface area contributed by atoms with Crippen molar-refractivity contribution < 1.29 is 0 Å². The summed E-state index contributed by atoms with van der Waals surface area (Å²) in [6.45, 7) is 4.43. The molecule has 1 saturated carbocycles. The maximum absolute atomic E-state index is 5.86. The minimum absolute atomic E-state index is 0.532. The first-order chi connectivity index (χ1) is 7.26. The van der Waals surface area contributed by atoms with E-state index in [0.29, 0.717) is 6.04 Å². The van der Waals surface area contributed by atoms with E-state index >= 15 is 0 Å². The van der Waals surface area contributed by atoms with Crippen LogP contribution in [0.4, 0.5) is 0 Å². The van der Waals surface area contributed by atoms with E-state index in [4.69, 9.17) is 5.73 Å². The molecular formula is C13H26N2. The van der Waals surface area contributed by atoms with Crippen molar-refractivity contribution in [3.63, 3.8) is 0 Å². The molecule has 2 nitrogen and oxygen atoms in total. The lowest BCUT2D eigenvalue weighted by atomic mass is 9.84. The first kappa shape index (κ1) is 12.5. The van der Waals surface area contributed by atoms with E-state index in [1.807, 2.05) is 0 Å². The van der Waals surface area contributed by atoms with Crippen molar-refractivity contribution >= 4 is 5.84 Å². The van der Waals surface area contributed by atoms with Gasteiger partial charge >= 0.3 is 0 Å². The molecular weight excluding hydrogens is 184 g/mol. The van der Waals surface area contributed by atoms with Crippen LogP contribution < -0.4 is 5.73 Å². The highest BCUT2D eigenvalue weighted by Crippen LogP contribution is 2.29. The van der Waals surface area contributed by atoms with Gasteiger partial charge in [0, 0.05) is 6.42 Å². The molecule has 0 aromatic carbocycles. The van der Waals surface area contributed by atoms with Gasteiger partial charge in [0.1, 0.15) is 0 Å². The molecule has 1 rings (SSSR count). The molecule has 2 heteroatoms. The molecule has 15 heavy (non-hydrogen) atoms. The summed E-state index contributed by atoms with van der Waals surface area (Å²) in [4.78, 5) is 4.61. The normalized spacial score (nSPS) is 28.0. The molecule has 0 saturated heterocycles. The fraction of sp³-hybridized carbons (Fsp3) is 0.923. The van der Waals surface area contributed by atoms with Gasteiger partial charge in [0.25, 0.3) is 0 Å². The van der Waals surface area contributed by atoms with Gasteiger partial charge < -0.3 is 5.73 Å². The quantitative estimate of drug-likeness (QED) is 0.547. The van der Waals surface area contributed by atoms with Gasteiger partial charge in [-0.15, -0.1) is 0 Å². The SMILES string of the molecule is CCCC(N)=NC1CCC(CCC)CC1. The molecule has 0 aromatic rings. The second kappa shape index (κ2) is 6.86. The second-order valence-electron chi connectivity index (χ2n) is 4.83. The Labute approximate surface area is 94.3 Å². The molecule has 0 atom stereocenters. The van der Waals surface area contributed by atoms with Gasteiger partial charge in [-0.1, -0.05) is 26.7 Å². The number of nitrogens with two attached hydrogens (primary N) is 1. The van der Waals surface area contributed by atoms with Crippen LogP contribution in [0, 0.1) is 5.92 Å². The Kier molecular flexibility index (Phi) is 5.74. The zero-order chi connectivity index (χ0) is 11.1. The summed E-state index contributed by atoms with van der Waals surface area (Å²) in [5.41, 5.74) is 5.86. The number of aliphatic imine (C=N–C) groups is 1. The first-order valence-corrected chi connectivity index (χ1v) is 6.58. The van der Waals surface area contributed by atoms with Gasteiger partial charge in [-0.2, -0.15) is 0 Å². The Morgan fingerprint density at radius 2 is 1.80 bits per heavy atom. The van der Waals surface area contributed by atoms with Crippen LogP contribution >= 0.6 is 0 Å². The Bertz CT molecular complexity index is 191. The Morgan fingerprint density at radius 1 is 1.13 bits per heavy atom. The van der Waals surface area contributed by atoms with E-state index in [-0.39, 0.29) is 0 Å². The minimum Gasteiger partial charge on any atom is -0.387 e. The minimum atomic E-state index is 0.532. The predicted molar refractivity (Wildman–Crippen MR) is 67.2 cm³/mol. The van der Waals surface area contributed by atoms with Crippen LogP contribution in [-0.4, -0.2) is 11.9 Å². The highest BCUT2D eigenvalue weighted by atomic mass is 14.9. The number of rotatable bonds is 5. The van der Waals surface area contributed by atoms with Crippen LogP contribution in [0.2, 0.25) is 0 Å². The molecule has 88 valence electrons. The van der Waals surface area contributed by atoms with E-state index in [1.54, 1.807) is 0 Å². The summed E-state index contributed by atoms with van der Waals surface area (Å²) < 4.78 is 0. The number of nitrogens with zero attached hydrogens (tertiary/aromatic N) is 1. The van der Waals surface area contributed by atoms with Crippen LogP contribution in [0.1, 0.15) is 65.2 Å². The van der Waals surface area contributed by atoms with E-state index in [9.17, 15) is 0 Å². The van der Waals surface area contributed by atoms with Gasteiger partial charge in [0.05, 0.1) is 11.9 Å². The third kappa shape index (κ3) is 4.67. The number of hydrogen-bond acceptors (Lipinski definition) is 1. The van der Waals surface area contributed by atoms with Crippen molar-refractivity contribution in [3.05, 3.63) is 0 Å². The number of amidine groups is 1. The maximum atomic E-state index is 5.86. The molecule has 1 fully saturated rings. The lowest BCUT2D eigenvalue weighted by molar-refractivity contribution is 0.309. The van der Waals surface area contributed by atoms with Crippen molar-refractivity contribution in [2.45, 2.75) is 71.3 Å². The fourth-order valence-electron chi connectivity index (χ4n) is 2.53. The van der Waals surface area contributed by atoms with E-state index in [0.717, 1.165) is 24.6 Å². The van der Waals surface area contributed by atoms with Gasteiger partial charge in [-0.3, -0.25) is 4.99 Å². The van der Waals surface area contributed by atoms with Gasteiger partial charge in [-0.25, -0.2) is 0 Å². The maximum Gasteiger partial charge on any atom is 0.0940 e. The molecule has 1 aliphatic rings. The van der Waals surface area contributed by atoms with E-state index in [2.05, 4.69) is 18.8 Å². The summed E-state index contributed by atoms with van der Waals surface area (Å²) in [6, 6.07) is 0.532. The average molecular weight is 210 g/mol. The third-order valence-corrected chi connectivity index (χ3v) is 3.37. The standard InChI is InChI=1S/C13H26N2/c1-3-5-11-7-9-12(10-8-11)15-13(14)6-4-2/h11-12H,3-10H2,1-2H3,(H2,14,15). The van der Waals surface area contributed by atoms with Crippen LogP contribution in [0.15, 0.2) is 4.99 Å². The molecule has 0 unspecified atom stereocenters. The fourth-order valence-corrected chi connectivity index (χ4v) is 2.53. The van der Waals surface area contributed by atoms with E-state index in [1.165, 1.54) is 38.5 Å².